The lowest BCUT2D eigenvalue weighted by Crippen LogP contribution is -2.41. The van der Waals surface area contributed by atoms with Crippen molar-refractivity contribution in [3.05, 3.63) is 124 Å². The van der Waals surface area contributed by atoms with E-state index in [0.29, 0.717) is 28.4 Å². The van der Waals surface area contributed by atoms with Crippen molar-refractivity contribution < 1.29 is 14.7 Å². The van der Waals surface area contributed by atoms with E-state index in [0.717, 1.165) is 22.3 Å². The van der Waals surface area contributed by atoms with Crippen molar-refractivity contribution in [2.45, 2.75) is 25.5 Å². The Bertz CT molecular complexity index is 1420. The second-order valence-electron chi connectivity index (χ2n) is 8.88. The molecule has 1 atom stereocenters. The maximum atomic E-state index is 13.6. The molecule has 1 amide bonds. The summed E-state index contributed by atoms with van der Waals surface area (Å²) in [4.78, 5) is 28.4. The van der Waals surface area contributed by atoms with Crippen LogP contribution in [0, 0.1) is 6.92 Å². The molecule has 0 saturated heterocycles. The highest BCUT2D eigenvalue weighted by Gasteiger charge is 2.51. The normalized spacial score (nSPS) is 16.9. The molecule has 0 aromatic heterocycles. The van der Waals surface area contributed by atoms with Crippen molar-refractivity contribution in [2.24, 2.45) is 0 Å². The van der Waals surface area contributed by atoms with E-state index in [1.54, 1.807) is 35.2 Å². The third kappa shape index (κ3) is 4.27. The first kappa shape index (κ1) is 23.0. The number of amides is 1. The Hall–Kier alpha value is -3.73. The molecule has 4 aromatic rings. The predicted molar refractivity (Wildman–Crippen MR) is 139 cm³/mol. The van der Waals surface area contributed by atoms with Gasteiger partial charge in [-0.25, -0.2) is 0 Å². The van der Waals surface area contributed by atoms with Crippen LogP contribution < -0.4 is 4.90 Å². The minimum Gasteiger partial charge on any atom is -0.375 e. The molecule has 1 aliphatic rings. The summed E-state index contributed by atoms with van der Waals surface area (Å²) in [6.07, 6.45) is -0.367. The second kappa shape index (κ2) is 9.14. The number of benzene rings is 4. The number of aliphatic hydroxyl groups is 1. The van der Waals surface area contributed by atoms with Gasteiger partial charge in [-0.15, -0.1) is 0 Å². The molecule has 5 heteroatoms. The number of rotatable bonds is 6. The quantitative estimate of drug-likeness (QED) is 0.328. The Labute approximate surface area is 209 Å². The number of ketones is 1. The standard InChI is InChI=1S/C30H24ClNO3/c1-20-7-5-6-10-24(20)19-32-27-16-15-25(31)17-26(27)30(35,29(32)34)18-28(33)23-13-11-22(12-14-23)21-8-3-2-4-9-21/h2-17,35H,18-19H2,1H3. The van der Waals surface area contributed by atoms with Crippen LogP contribution in [0.15, 0.2) is 97.1 Å². The molecule has 0 saturated carbocycles. The first-order chi connectivity index (χ1) is 16.9. The molecule has 0 bridgehead atoms. The summed E-state index contributed by atoms with van der Waals surface area (Å²) < 4.78 is 0. The fourth-order valence-corrected chi connectivity index (χ4v) is 4.79. The highest BCUT2D eigenvalue weighted by atomic mass is 35.5. The Morgan fingerprint density at radius 3 is 2.26 bits per heavy atom. The SMILES string of the molecule is Cc1ccccc1CN1C(=O)C(O)(CC(=O)c2ccc(-c3ccccc3)cc2)c2cc(Cl)ccc21. The molecule has 1 N–H and O–H groups in total. The third-order valence-corrected chi connectivity index (χ3v) is 6.85. The maximum absolute atomic E-state index is 13.6. The van der Waals surface area contributed by atoms with Gasteiger partial charge in [0.15, 0.2) is 11.4 Å². The van der Waals surface area contributed by atoms with Gasteiger partial charge in [0, 0.05) is 16.1 Å². The first-order valence-corrected chi connectivity index (χ1v) is 11.8. The number of nitrogens with zero attached hydrogens (tertiary/aromatic N) is 1. The van der Waals surface area contributed by atoms with Crippen LogP contribution in [0.5, 0.6) is 0 Å². The van der Waals surface area contributed by atoms with Gasteiger partial charge in [-0.05, 0) is 47.4 Å². The van der Waals surface area contributed by atoms with Crippen molar-refractivity contribution in [1.29, 1.82) is 0 Å². The van der Waals surface area contributed by atoms with E-state index in [2.05, 4.69) is 0 Å². The van der Waals surface area contributed by atoms with Gasteiger partial charge in [0.25, 0.3) is 5.91 Å². The van der Waals surface area contributed by atoms with Crippen molar-refractivity contribution in [3.8, 4) is 11.1 Å². The van der Waals surface area contributed by atoms with Crippen LogP contribution in [0.3, 0.4) is 0 Å². The smallest absolute Gasteiger partial charge is 0.264 e. The molecule has 4 aromatic carbocycles. The zero-order valence-electron chi connectivity index (χ0n) is 19.2. The topological polar surface area (TPSA) is 57.6 Å². The number of hydrogen-bond acceptors (Lipinski definition) is 3. The van der Waals surface area contributed by atoms with Crippen LogP contribution in [-0.4, -0.2) is 16.8 Å². The number of hydrogen-bond donors (Lipinski definition) is 1. The lowest BCUT2D eigenvalue weighted by molar-refractivity contribution is -0.136. The zero-order valence-corrected chi connectivity index (χ0v) is 20.0. The van der Waals surface area contributed by atoms with E-state index in [9.17, 15) is 14.7 Å². The molecule has 1 heterocycles. The van der Waals surface area contributed by atoms with Crippen molar-refractivity contribution in [3.63, 3.8) is 0 Å². The third-order valence-electron chi connectivity index (χ3n) is 6.61. The fraction of sp³-hybridized carbons (Fsp3) is 0.133. The average molecular weight is 482 g/mol. The summed E-state index contributed by atoms with van der Waals surface area (Å²) in [7, 11) is 0. The van der Waals surface area contributed by atoms with Gasteiger partial charge in [-0.3, -0.25) is 9.59 Å². The number of carbonyl (C=O) groups excluding carboxylic acids is 2. The van der Waals surface area contributed by atoms with E-state index in [1.807, 2.05) is 73.7 Å². The minimum absolute atomic E-state index is 0.294. The summed E-state index contributed by atoms with van der Waals surface area (Å²) in [5.74, 6) is -0.837. The molecular weight excluding hydrogens is 458 g/mol. The second-order valence-corrected chi connectivity index (χ2v) is 9.32. The molecule has 0 spiro atoms. The summed E-state index contributed by atoms with van der Waals surface area (Å²) in [5.41, 5.74) is 3.42. The van der Waals surface area contributed by atoms with E-state index < -0.39 is 11.5 Å². The van der Waals surface area contributed by atoms with Crippen LogP contribution in [0.4, 0.5) is 5.69 Å². The minimum atomic E-state index is -1.99. The van der Waals surface area contributed by atoms with E-state index in [1.165, 1.54) is 0 Å². The lowest BCUT2D eigenvalue weighted by Gasteiger charge is -2.23. The van der Waals surface area contributed by atoms with Crippen LogP contribution in [-0.2, 0) is 16.9 Å². The molecule has 0 radical (unpaired) electrons. The molecule has 35 heavy (non-hydrogen) atoms. The predicted octanol–water partition coefficient (Wildman–Crippen LogP) is 6.32. The molecular formula is C30H24ClNO3. The Kier molecular flexibility index (Phi) is 6.01. The van der Waals surface area contributed by atoms with E-state index in [4.69, 9.17) is 11.6 Å². The summed E-state index contributed by atoms with van der Waals surface area (Å²) in [6.45, 7) is 2.27. The van der Waals surface area contributed by atoms with E-state index in [-0.39, 0.29) is 12.2 Å². The van der Waals surface area contributed by atoms with Crippen molar-refractivity contribution in [1.82, 2.24) is 0 Å². The number of fused-ring (bicyclic) bond motifs is 1. The molecule has 174 valence electrons. The van der Waals surface area contributed by atoms with Crippen molar-refractivity contribution >= 4 is 29.0 Å². The Morgan fingerprint density at radius 2 is 1.54 bits per heavy atom. The van der Waals surface area contributed by atoms with Crippen molar-refractivity contribution in [2.75, 3.05) is 4.90 Å². The summed E-state index contributed by atoms with van der Waals surface area (Å²) in [5, 5.41) is 12.0. The van der Waals surface area contributed by atoms with Gasteiger partial charge < -0.3 is 10.0 Å². The number of aryl methyl sites for hydroxylation is 1. The molecule has 1 unspecified atom stereocenters. The monoisotopic (exact) mass is 481 g/mol. The van der Waals surface area contributed by atoms with Crippen LogP contribution in [0.1, 0.15) is 33.5 Å². The Balaban J connectivity index is 1.45. The molecule has 5 rings (SSSR count). The summed E-state index contributed by atoms with van der Waals surface area (Å²) in [6, 6.07) is 29.9. The zero-order chi connectivity index (χ0) is 24.6. The number of Topliss-reactive ketones (excluding diaryl/α,β-unsaturated/α-hetero) is 1. The van der Waals surface area contributed by atoms with Crippen LogP contribution in [0.2, 0.25) is 5.02 Å². The maximum Gasteiger partial charge on any atom is 0.264 e. The highest BCUT2D eigenvalue weighted by Crippen LogP contribution is 2.45. The largest absolute Gasteiger partial charge is 0.375 e. The molecule has 0 fully saturated rings. The molecule has 4 nitrogen and oxygen atoms in total. The molecule has 1 aliphatic heterocycles. The van der Waals surface area contributed by atoms with Gasteiger partial charge in [0.05, 0.1) is 18.7 Å². The van der Waals surface area contributed by atoms with Gasteiger partial charge in [0.1, 0.15) is 0 Å². The van der Waals surface area contributed by atoms with Crippen LogP contribution >= 0.6 is 11.6 Å². The Morgan fingerprint density at radius 1 is 0.886 bits per heavy atom. The number of carbonyl (C=O) groups is 2. The first-order valence-electron chi connectivity index (χ1n) is 11.4. The van der Waals surface area contributed by atoms with E-state index >= 15 is 0 Å². The highest BCUT2D eigenvalue weighted by molar-refractivity contribution is 6.31. The van der Waals surface area contributed by atoms with Crippen LogP contribution in [0.25, 0.3) is 11.1 Å². The lowest BCUT2D eigenvalue weighted by atomic mass is 9.88. The van der Waals surface area contributed by atoms with Gasteiger partial charge >= 0.3 is 0 Å². The average Bonchev–Trinajstić information content (AvgIpc) is 3.07. The van der Waals surface area contributed by atoms with Gasteiger partial charge in [-0.2, -0.15) is 0 Å². The number of anilines is 1. The number of halogens is 1. The van der Waals surface area contributed by atoms with Gasteiger partial charge in [0.2, 0.25) is 0 Å². The van der Waals surface area contributed by atoms with Gasteiger partial charge in [-0.1, -0.05) is 90.5 Å². The summed E-state index contributed by atoms with van der Waals surface area (Å²) >= 11 is 6.23. The fourth-order valence-electron chi connectivity index (χ4n) is 4.62. The molecule has 0 aliphatic carbocycles.